The average Bonchev–Trinajstić information content (AvgIpc) is 3.32. The van der Waals surface area contributed by atoms with Crippen molar-refractivity contribution in [2.75, 3.05) is 11.1 Å². The van der Waals surface area contributed by atoms with Gasteiger partial charge in [-0.3, -0.25) is 4.79 Å². The molecule has 0 aliphatic heterocycles. The number of nitrogens with one attached hydrogen (secondary N) is 1. The fourth-order valence-corrected chi connectivity index (χ4v) is 4.92. The molecule has 0 atom stereocenters. The summed E-state index contributed by atoms with van der Waals surface area (Å²) in [6, 6.07) is 0.225. The summed E-state index contributed by atoms with van der Waals surface area (Å²) in [5, 5.41) is 5.56. The van der Waals surface area contributed by atoms with Gasteiger partial charge in [-0.25, -0.2) is 19.9 Å². The Bertz CT molecular complexity index is 1180. The molecule has 1 saturated carbocycles. The Morgan fingerprint density at radius 2 is 1.97 bits per heavy atom. The highest BCUT2D eigenvalue weighted by Crippen LogP contribution is 2.35. The zero-order valence-corrected chi connectivity index (χ0v) is 20.1. The Kier molecular flexibility index (Phi) is 5.81. The zero-order valence-electron chi connectivity index (χ0n) is 18.3. The van der Waals surface area contributed by atoms with Crippen LogP contribution in [-0.4, -0.2) is 38.5 Å². The van der Waals surface area contributed by atoms with E-state index in [1.807, 2.05) is 12.3 Å². The van der Waals surface area contributed by atoms with Crippen LogP contribution in [0, 0.1) is 24.3 Å². The van der Waals surface area contributed by atoms with Crippen molar-refractivity contribution >= 4 is 47.4 Å². The van der Waals surface area contributed by atoms with Crippen LogP contribution in [0.25, 0.3) is 11.2 Å². The molecular weight excluding hydrogens is 426 g/mol. The molecule has 3 heterocycles. The Morgan fingerprint density at radius 3 is 2.61 bits per heavy atom. The van der Waals surface area contributed by atoms with Gasteiger partial charge < -0.3 is 15.6 Å². The molecule has 0 spiro atoms. The third-order valence-electron chi connectivity index (χ3n) is 5.31. The van der Waals surface area contributed by atoms with E-state index in [1.54, 1.807) is 6.33 Å². The smallest absolute Gasteiger partial charge is 0.229 e. The van der Waals surface area contributed by atoms with Gasteiger partial charge >= 0.3 is 0 Å². The number of thiazole rings is 1. The van der Waals surface area contributed by atoms with E-state index in [4.69, 9.17) is 5.73 Å². The van der Waals surface area contributed by atoms with Crippen molar-refractivity contribution in [3.05, 3.63) is 23.2 Å². The lowest BCUT2D eigenvalue weighted by Crippen LogP contribution is -2.28. The minimum Gasteiger partial charge on any atom is -0.382 e. The summed E-state index contributed by atoms with van der Waals surface area (Å²) < 4.78 is 2.07. The number of fused-ring (bicyclic) bond motifs is 1. The van der Waals surface area contributed by atoms with Gasteiger partial charge in [-0.05, 0) is 38.5 Å². The molecular formula is C21H27N7OSSi. The van der Waals surface area contributed by atoms with Crippen molar-refractivity contribution in [1.29, 1.82) is 0 Å². The number of nitrogen functional groups attached to an aromatic ring is 1. The highest BCUT2D eigenvalue weighted by atomic mass is 32.1. The van der Waals surface area contributed by atoms with Crippen molar-refractivity contribution in [2.45, 2.75) is 58.3 Å². The first-order valence-electron chi connectivity index (χ1n) is 10.5. The second-order valence-electron chi connectivity index (χ2n) is 9.05. The monoisotopic (exact) mass is 453 g/mol. The maximum absolute atomic E-state index is 12.6. The normalized spacial score (nSPS) is 19.1. The number of carbonyl (C=O) groups excluding carboxylic acids is 1. The first-order valence-corrected chi connectivity index (χ1v) is 14.8. The number of aryl methyl sites for hydroxylation is 1. The van der Waals surface area contributed by atoms with E-state index in [1.165, 1.54) is 11.3 Å². The molecule has 8 nitrogen and oxygen atoms in total. The van der Waals surface area contributed by atoms with Gasteiger partial charge in [-0.15, -0.1) is 16.9 Å². The molecule has 0 unspecified atom stereocenters. The largest absolute Gasteiger partial charge is 0.382 e. The Balaban J connectivity index is 1.49. The molecule has 1 fully saturated rings. The lowest BCUT2D eigenvalue weighted by molar-refractivity contribution is -0.120. The number of nitrogens with zero attached hydrogens (tertiary/aromatic N) is 5. The van der Waals surface area contributed by atoms with E-state index in [-0.39, 0.29) is 17.9 Å². The van der Waals surface area contributed by atoms with E-state index in [0.29, 0.717) is 22.3 Å². The van der Waals surface area contributed by atoms with Crippen LogP contribution in [-0.2, 0) is 4.79 Å². The van der Waals surface area contributed by atoms with Crippen LogP contribution < -0.4 is 11.1 Å². The molecule has 1 aliphatic rings. The molecule has 162 valence electrons. The number of anilines is 2. The summed E-state index contributed by atoms with van der Waals surface area (Å²) in [5.74, 6) is 3.95. The Labute approximate surface area is 186 Å². The van der Waals surface area contributed by atoms with Crippen LogP contribution in [0.15, 0.2) is 11.7 Å². The van der Waals surface area contributed by atoms with Crippen LogP contribution >= 0.6 is 11.3 Å². The fraction of sp³-hybridized carbons (Fsp3) is 0.476. The van der Waals surface area contributed by atoms with E-state index < -0.39 is 8.07 Å². The summed E-state index contributed by atoms with van der Waals surface area (Å²) in [4.78, 5) is 30.4. The van der Waals surface area contributed by atoms with Crippen molar-refractivity contribution in [3.63, 3.8) is 0 Å². The van der Waals surface area contributed by atoms with Gasteiger partial charge in [0.15, 0.2) is 16.6 Å². The van der Waals surface area contributed by atoms with Gasteiger partial charge in [0.2, 0.25) is 11.7 Å². The highest BCUT2D eigenvalue weighted by Gasteiger charge is 2.29. The molecule has 4 rings (SSSR count). The van der Waals surface area contributed by atoms with Gasteiger partial charge in [-0.1, -0.05) is 19.6 Å². The van der Waals surface area contributed by atoms with Gasteiger partial charge in [0.25, 0.3) is 0 Å². The average molecular weight is 454 g/mol. The molecule has 3 aromatic rings. The number of hydrogen-bond donors (Lipinski definition) is 2. The number of rotatable bonds is 3. The lowest BCUT2D eigenvalue weighted by atomic mass is 9.85. The summed E-state index contributed by atoms with van der Waals surface area (Å²) >= 11 is 1.46. The van der Waals surface area contributed by atoms with E-state index in [2.05, 4.69) is 60.9 Å². The minimum atomic E-state index is -1.55. The number of carbonyl (C=O) groups is 1. The number of nitrogens with two attached hydrogens (primary N) is 1. The second kappa shape index (κ2) is 8.40. The third kappa shape index (κ3) is 4.94. The van der Waals surface area contributed by atoms with Crippen LogP contribution in [0.5, 0.6) is 0 Å². The van der Waals surface area contributed by atoms with Crippen molar-refractivity contribution < 1.29 is 4.79 Å². The number of imidazole rings is 1. The minimum absolute atomic E-state index is 0.00638. The maximum Gasteiger partial charge on any atom is 0.229 e. The standard InChI is InChI=1S/C21H27N7OSSi/c1-13-11-30-21(24-13)27-20(29)14-5-7-15(8-6-14)28-12-23-17-18(22)25-16(26-19(17)28)9-10-31(2,3)4/h11-12,14-15H,5-8H2,1-4H3,(H2,22,25,26)(H,24,27,29)/t14-,15+. The topological polar surface area (TPSA) is 112 Å². The number of aromatic nitrogens is 5. The maximum atomic E-state index is 12.6. The molecule has 0 saturated heterocycles. The molecule has 3 N–H and O–H groups in total. The van der Waals surface area contributed by atoms with E-state index in [9.17, 15) is 4.79 Å². The molecule has 10 heteroatoms. The van der Waals surface area contributed by atoms with Crippen molar-refractivity contribution in [1.82, 2.24) is 24.5 Å². The van der Waals surface area contributed by atoms with Gasteiger partial charge in [0, 0.05) is 17.3 Å². The summed E-state index contributed by atoms with van der Waals surface area (Å²) in [6.45, 7) is 8.45. The zero-order chi connectivity index (χ0) is 22.2. The first-order chi connectivity index (χ1) is 14.7. The van der Waals surface area contributed by atoms with E-state index >= 15 is 0 Å². The summed E-state index contributed by atoms with van der Waals surface area (Å²) in [5.41, 5.74) is 11.7. The van der Waals surface area contributed by atoms with Gasteiger partial charge in [-0.2, -0.15) is 0 Å². The lowest BCUT2D eigenvalue weighted by Gasteiger charge is -2.28. The van der Waals surface area contributed by atoms with E-state index in [0.717, 1.165) is 37.0 Å². The molecule has 0 radical (unpaired) electrons. The second-order valence-corrected chi connectivity index (χ2v) is 14.7. The molecule has 1 amide bonds. The predicted molar refractivity (Wildman–Crippen MR) is 126 cm³/mol. The van der Waals surface area contributed by atoms with Crippen LogP contribution in [0.1, 0.15) is 43.2 Å². The predicted octanol–water partition coefficient (Wildman–Crippen LogP) is 3.77. The van der Waals surface area contributed by atoms with Crippen molar-refractivity contribution in [2.24, 2.45) is 5.92 Å². The SMILES string of the molecule is Cc1csc(NC(=O)[C@H]2CC[C@@H](n3cnc4c(N)nc(C#C[Si](C)(C)C)nc43)CC2)n1. The number of amides is 1. The summed E-state index contributed by atoms with van der Waals surface area (Å²) in [7, 11) is -1.55. The van der Waals surface area contributed by atoms with Crippen LogP contribution in [0.3, 0.4) is 0 Å². The molecule has 0 bridgehead atoms. The summed E-state index contributed by atoms with van der Waals surface area (Å²) in [6.07, 6.45) is 5.15. The van der Waals surface area contributed by atoms with Crippen LogP contribution in [0.4, 0.5) is 10.9 Å². The molecule has 3 aromatic heterocycles. The molecule has 1 aliphatic carbocycles. The third-order valence-corrected chi connectivity index (χ3v) is 7.06. The quantitative estimate of drug-likeness (QED) is 0.461. The first kappa shape index (κ1) is 21.5. The van der Waals surface area contributed by atoms with Gasteiger partial charge in [0.1, 0.15) is 13.6 Å². The highest BCUT2D eigenvalue weighted by molar-refractivity contribution is 7.13. The van der Waals surface area contributed by atoms with Crippen LogP contribution in [0.2, 0.25) is 19.6 Å². The number of hydrogen-bond acceptors (Lipinski definition) is 7. The van der Waals surface area contributed by atoms with Crippen molar-refractivity contribution in [3.8, 4) is 11.5 Å². The molecule has 0 aromatic carbocycles. The Morgan fingerprint density at radius 1 is 1.23 bits per heavy atom. The Hall–Kier alpha value is -2.77. The fourth-order valence-electron chi connectivity index (χ4n) is 3.74. The van der Waals surface area contributed by atoms with Gasteiger partial charge in [0.05, 0.1) is 12.0 Å². The molecule has 31 heavy (non-hydrogen) atoms.